The summed E-state index contributed by atoms with van der Waals surface area (Å²) in [6, 6.07) is 2.52. The zero-order chi connectivity index (χ0) is 18.8. The smallest absolute Gasteiger partial charge is 0.418 e. The van der Waals surface area contributed by atoms with Crippen LogP contribution in [0.3, 0.4) is 0 Å². The van der Waals surface area contributed by atoms with Gasteiger partial charge in [0.15, 0.2) is 0 Å². The van der Waals surface area contributed by atoms with E-state index in [9.17, 15) is 27.9 Å². The number of likely N-dealkylation sites (tertiary alicyclic amines) is 1. The number of amides is 2. The second kappa shape index (κ2) is 6.81. The van der Waals surface area contributed by atoms with E-state index in [-0.39, 0.29) is 31.9 Å². The summed E-state index contributed by atoms with van der Waals surface area (Å²) >= 11 is 0. The molecule has 1 atom stereocenters. The van der Waals surface area contributed by atoms with Gasteiger partial charge in [0.25, 0.3) is 0 Å². The van der Waals surface area contributed by atoms with Crippen molar-refractivity contribution in [3.05, 3.63) is 23.8 Å². The SMILES string of the molecule is CCOc1ccc(NC(=O)N2CCC(C)(C(=O)O)C2)c(C(F)(F)F)c1. The molecule has 1 aliphatic heterocycles. The average Bonchev–Trinajstić information content (AvgIpc) is 2.92. The molecule has 138 valence electrons. The predicted molar refractivity (Wildman–Crippen MR) is 83.6 cm³/mol. The zero-order valence-electron chi connectivity index (χ0n) is 13.8. The van der Waals surface area contributed by atoms with Gasteiger partial charge in [-0.15, -0.1) is 0 Å². The lowest BCUT2D eigenvalue weighted by Crippen LogP contribution is -2.37. The van der Waals surface area contributed by atoms with Gasteiger partial charge in [0.2, 0.25) is 0 Å². The molecule has 2 N–H and O–H groups in total. The number of nitrogens with one attached hydrogen (secondary N) is 1. The summed E-state index contributed by atoms with van der Waals surface area (Å²) in [7, 11) is 0. The summed E-state index contributed by atoms with van der Waals surface area (Å²) in [5.41, 5.74) is -2.51. The summed E-state index contributed by atoms with van der Waals surface area (Å²) in [4.78, 5) is 24.7. The van der Waals surface area contributed by atoms with Gasteiger partial charge in [0.1, 0.15) is 5.75 Å². The number of hydrogen-bond acceptors (Lipinski definition) is 3. The fourth-order valence-electron chi connectivity index (χ4n) is 2.63. The molecule has 0 saturated carbocycles. The molecule has 0 spiro atoms. The highest BCUT2D eigenvalue weighted by Crippen LogP contribution is 2.38. The molecule has 1 fully saturated rings. The summed E-state index contributed by atoms with van der Waals surface area (Å²) in [5.74, 6) is -0.993. The van der Waals surface area contributed by atoms with Gasteiger partial charge >= 0.3 is 18.2 Å². The molecule has 1 heterocycles. The highest BCUT2D eigenvalue weighted by Gasteiger charge is 2.42. The number of anilines is 1. The maximum atomic E-state index is 13.2. The van der Waals surface area contributed by atoms with Crippen LogP contribution in [0.2, 0.25) is 0 Å². The van der Waals surface area contributed by atoms with Crippen LogP contribution in [0.1, 0.15) is 25.8 Å². The van der Waals surface area contributed by atoms with Crippen LogP contribution in [0.25, 0.3) is 0 Å². The number of hydrogen-bond donors (Lipinski definition) is 2. The van der Waals surface area contributed by atoms with E-state index in [1.165, 1.54) is 17.9 Å². The fourth-order valence-corrected chi connectivity index (χ4v) is 2.63. The Morgan fingerprint density at radius 1 is 1.40 bits per heavy atom. The number of halogens is 3. The average molecular weight is 360 g/mol. The van der Waals surface area contributed by atoms with Crippen molar-refractivity contribution in [2.24, 2.45) is 5.41 Å². The molecule has 1 aromatic carbocycles. The number of urea groups is 1. The largest absolute Gasteiger partial charge is 0.494 e. The lowest BCUT2D eigenvalue weighted by molar-refractivity contribution is -0.147. The molecule has 6 nitrogen and oxygen atoms in total. The van der Waals surface area contributed by atoms with Crippen molar-refractivity contribution >= 4 is 17.7 Å². The molecule has 9 heteroatoms. The van der Waals surface area contributed by atoms with Crippen molar-refractivity contribution in [1.82, 2.24) is 4.90 Å². The van der Waals surface area contributed by atoms with Crippen LogP contribution >= 0.6 is 0 Å². The molecule has 25 heavy (non-hydrogen) atoms. The van der Waals surface area contributed by atoms with Gasteiger partial charge in [0, 0.05) is 13.1 Å². The minimum Gasteiger partial charge on any atom is -0.494 e. The van der Waals surface area contributed by atoms with E-state index in [0.717, 1.165) is 12.1 Å². The Balaban J connectivity index is 2.19. The van der Waals surface area contributed by atoms with Gasteiger partial charge in [0.05, 0.1) is 23.3 Å². The molecule has 0 aromatic heterocycles. The Hall–Kier alpha value is -2.45. The number of carbonyl (C=O) groups excluding carboxylic acids is 1. The van der Waals surface area contributed by atoms with E-state index < -0.39 is 34.8 Å². The van der Waals surface area contributed by atoms with Crippen LogP contribution in [0.4, 0.5) is 23.7 Å². The summed E-state index contributed by atoms with van der Waals surface area (Å²) in [5, 5.41) is 11.4. The maximum absolute atomic E-state index is 13.2. The predicted octanol–water partition coefficient (Wildman–Crippen LogP) is 3.43. The second-order valence-corrected chi connectivity index (χ2v) is 6.11. The number of nitrogens with zero attached hydrogens (tertiary/aromatic N) is 1. The number of benzene rings is 1. The lowest BCUT2D eigenvalue weighted by atomic mass is 9.90. The van der Waals surface area contributed by atoms with E-state index >= 15 is 0 Å². The normalized spacial score (nSPS) is 20.4. The van der Waals surface area contributed by atoms with Crippen LogP contribution in [0.15, 0.2) is 18.2 Å². The first-order valence-electron chi connectivity index (χ1n) is 7.70. The van der Waals surface area contributed by atoms with Crippen molar-refractivity contribution in [2.75, 3.05) is 25.0 Å². The highest BCUT2D eigenvalue weighted by atomic mass is 19.4. The molecular formula is C16H19F3N2O4. The van der Waals surface area contributed by atoms with Gasteiger partial charge in [-0.2, -0.15) is 13.2 Å². The van der Waals surface area contributed by atoms with E-state index in [2.05, 4.69) is 5.32 Å². The molecule has 0 aliphatic carbocycles. The van der Waals surface area contributed by atoms with Crippen LogP contribution < -0.4 is 10.1 Å². The van der Waals surface area contributed by atoms with Crippen molar-refractivity contribution in [1.29, 1.82) is 0 Å². The molecule has 1 aliphatic rings. The molecule has 2 amide bonds. The Morgan fingerprint density at radius 3 is 2.60 bits per heavy atom. The van der Waals surface area contributed by atoms with Crippen LogP contribution in [-0.2, 0) is 11.0 Å². The third-order valence-electron chi connectivity index (χ3n) is 4.13. The number of carbonyl (C=O) groups is 2. The number of rotatable bonds is 4. The second-order valence-electron chi connectivity index (χ2n) is 6.11. The molecule has 1 aromatic rings. The van der Waals surface area contributed by atoms with Gasteiger partial charge in [-0.3, -0.25) is 4.79 Å². The van der Waals surface area contributed by atoms with Crippen molar-refractivity contribution in [2.45, 2.75) is 26.4 Å². The lowest BCUT2D eigenvalue weighted by Gasteiger charge is -2.22. The van der Waals surface area contributed by atoms with Crippen LogP contribution in [0, 0.1) is 5.41 Å². The van der Waals surface area contributed by atoms with Gasteiger partial charge < -0.3 is 20.1 Å². The van der Waals surface area contributed by atoms with Gasteiger partial charge in [-0.05, 0) is 38.5 Å². The van der Waals surface area contributed by atoms with Crippen molar-refractivity contribution < 1.29 is 32.6 Å². The van der Waals surface area contributed by atoms with Crippen molar-refractivity contribution in [3.63, 3.8) is 0 Å². The first kappa shape index (κ1) is 18.9. The number of alkyl halides is 3. The van der Waals surface area contributed by atoms with E-state index in [1.807, 2.05) is 0 Å². The van der Waals surface area contributed by atoms with Crippen LogP contribution in [0.5, 0.6) is 5.75 Å². The number of carboxylic acid groups (broad SMARTS) is 1. The van der Waals surface area contributed by atoms with E-state index in [4.69, 9.17) is 4.74 Å². The number of carboxylic acids is 1. The Labute approximate surface area is 142 Å². The highest BCUT2D eigenvalue weighted by molar-refractivity contribution is 5.91. The first-order valence-corrected chi connectivity index (χ1v) is 7.70. The Bertz CT molecular complexity index is 678. The molecule has 0 bridgehead atoms. The topological polar surface area (TPSA) is 78.9 Å². The Morgan fingerprint density at radius 2 is 2.08 bits per heavy atom. The molecule has 0 radical (unpaired) electrons. The molecular weight excluding hydrogens is 341 g/mol. The fraction of sp³-hybridized carbons (Fsp3) is 0.500. The third kappa shape index (κ3) is 4.15. The Kier molecular flexibility index (Phi) is 5.15. The minimum atomic E-state index is -4.67. The molecule has 2 rings (SSSR count). The zero-order valence-corrected chi connectivity index (χ0v) is 13.8. The van der Waals surface area contributed by atoms with E-state index in [0.29, 0.717) is 0 Å². The molecule has 1 unspecified atom stereocenters. The van der Waals surface area contributed by atoms with E-state index in [1.54, 1.807) is 6.92 Å². The third-order valence-corrected chi connectivity index (χ3v) is 4.13. The quantitative estimate of drug-likeness (QED) is 0.862. The maximum Gasteiger partial charge on any atom is 0.418 e. The molecule has 1 saturated heterocycles. The standard InChI is InChI=1S/C16H19F3N2O4/c1-3-25-10-4-5-12(11(8-10)16(17,18)19)20-14(24)21-7-6-15(2,9-21)13(22)23/h4-5,8H,3,6-7,9H2,1-2H3,(H,20,24)(H,22,23). The first-order chi connectivity index (χ1) is 11.6. The summed E-state index contributed by atoms with van der Waals surface area (Å²) in [6.07, 6.45) is -4.43. The van der Waals surface area contributed by atoms with Gasteiger partial charge in [-0.1, -0.05) is 0 Å². The minimum absolute atomic E-state index is 0.0486. The van der Waals surface area contributed by atoms with Crippen molar-refractivity contribution in [3.8, 4) is 5.75 Å². The summed E-state index contributed by atoms with van der Waals surface area (Å²) < 4.78 is 44.7. The van der Waals surface area contributed by atoms with Crippen LogP contribution in [-0.4, -0.2) is 41.7 Å². The number of aliphatic carboxylic acids is 1. The summed E-state index contributed by atoms with van der Waals surface area (Å²) in [6.45, 7) is 3.46. The monoisotopic (exact) mass is 360 g/mol. The van der Waals surface area contributed by atoms with Gasteiger partial charge in [-0.25, -0.2) is 4.79 Å². The number of ether oxygens (including phenoxy) is 1.